The minimum absolute atomic E-state index is 0.417. The third-order valence-corrected chi connectivity index (χ3v) is 3.84. The number of benzene rings is 1. The van der Waals surface area contributed by atoms with Crippen molar-refractivity contribution in [2.45, 2.75) is 44.9 Å². The van der Waals surface area contributed by atoms with Crippen LogP contribution in [-0.4, -0.2) is 29.4 Å². The molecule has 1 aromatic carbocycles. The van der Waals surface area contributed by atoms with Gasteiger partial charge in [0.05, 0.1) is 11.2 Å². The second kappa shape index (κ2) is 5.12. The first-order chi connectivity index (χ1) is 8.82. The van der Waals surface area contributed by atoms with E-state index in [2.05, 4.69) is 0 Å². The molecule has 0 aliphatic carbocycles. The van der Waals surface area contributed by atoms with Gasteiger partial charge in [0.15, 0.2) is 0 Å². The zero-order valence-electron chi connectivity index (χ0n) is 12.0. The van der Waals surface area contributed by atoms with Crippen LogP contribution in [0.15, 0.2) is 36.4 Å². The van der Waals surface area contributed by atoms with Crippen LogP contribution in [0.25, 0.3) is 6.08 Å². The highest BCUT2D eigenvalue weighted by Crippen LogP contribution is 2.37. The van der Waals surface area contributed by atoms with Crippen LogP contribution in [-0.2, 0) is 9.31 Å². The van der Waals surface area contributed by atoms with Crippen LogP contribution in [0.3, 0.4) is 0 Å². The van der Waals surface area contributed by atoms with Gasteiger partial charge in [-0.3, -0.25) is 0 Å². The molecule has 0 spiro atoms. The largest absolute Gasteiger partial charge is 0.492 e. The molecule has 1 aromatic rings. The Morgan fingerprint density at radius 3 is 2.11 bits per heavy atom. The minimum atomic E-state index is -0.777. The van der Waals surface area contributed by atoms with Crippen molar-refractivity contribution in [1.29, 1.82) is 0 Å². The highest BCUT2D eigenvalue weighted by molar-refractivity contribution is 6.47. The monoisotopic (exact) mass is 260 g/mol. The van der Waals surface area contributed by atoms with Gasteiger partial charge in [-0.15, -0.1) is 0 Å². The molecule has 4 heteroatoms. The van der Waals surface area contributed by atoms with Crippen LogP contribution >= 0.6 is 0 Å². The van der Waals surface area contributed by atoms with Crippen LogP contribution in [0.1, 0.15) is 33.3 Å². The molecule has 19 heavy (non-hydrogen) atoms. The fourth-order valence-corrected chi connectivity index (χ4v) is 1.89. The molecule has 1 saturated heterocycles. The maximum Gasteiger partial charge on any atom is 0.492 e. The summed E-state index contributed by atoms with van der Waals surface area (Å²) in [5.74, 6) is 0. The molecular weight excluding hydrogens is 239 g/mol. The molecule has 3 nitrogen and oxygen atoms in total. The summed E-state index contributed by atoms with van der Waals surface area (Å²) in [4.78, 5) is 0. The van der Waals surface area contributed by atoms with Crippen molar-refractivity contribution in [2.75, 3.05) is 0 Å². The summed E-state index contributed by atoms with van der Waals surface area (Å²) in [5, 5.41) is 10.1. The van der Waals surface area contributed by atoms with Crippen LogP contribution in [0.4, 0.5) is 0 Å². The first-order valence-electron chi connectivity index (χ1n) is 6.59. The second-order valence-electron chi connectivity index (χ2n) is 5.89. The molecule has 1 aliphatic heterocycles. The lowest BCUT2D eigenvalue weighted by molar-refractivity contribution is 0.00578. The van der Waals surface area contributed by atoms with Crippen molar-refractivity contribution >= 4 is 13.2 Å². The van der Waals surface area contributed by atoms with Gasteiger partial charge in [0, 0.05) is 0 Å². The van der Waals surface area contributed by atoms with Crippen LogP contribution in [0, 0.1) is 0 Å². The van der Waals surface area contributed by atoms with Crippen LogP contribution in [0.2, 0.25) is 0 Å². The Balaban J connectivity index is 2.03. The molecule has 0 aromatic heterocycles. The van der Waals surface area contributed by atoms with E-state index in [4.69, 9.17) is 9.31 Å². The molecule has 1 aliphatic rings. The summed E-state index contributed by atoms with van der Waals surface area (Å²) in [7, 11) is -0.620. The lowest BCUT2D eigenvalue weighted by Crippen LogP contribution is -2.41. The van der Waals surface area contributed by atoms with Gasteiger partial charge in [-0.2, -0.15) is 0 Å². The third-order valence-electron chi connectivity index (χ3n) is 3.84. The number of hydrogen-bond donors (Lipinski definition) is 1. The van der Waals surface area contributed by atoms with Gasteiger partial charge >= 0.3 is 7.12 Å². The molecule has 1 fully saturated rings. The first kappa shape index (κ1) is 14.3. The quantitative estimate of drug-likeness (QED) is 0.849. The Bertz CT molecular complexity index is 438. The van der Waals surface area contributed by atoms with Gasteiger partial charge in [0.2, 0.25) is 0 Å². The van der Waals surface area contributed by atoms with E-state index < -0.39 is 24.3 Å². The fraction of sp³-hybridized carbons (Fsp3) is 0.467. The maximum atomic E-state index is 10.1. The average molecular weight is 260 g/mol. The van der Waals surface area contributed by atoms with Crippen molar-refractivity contribution in [3.05, 3.63) is 42.0 Å². The smallest absolute Gasteiger partial charge is 0.401 e. The summed E-state index contributed by atoms with van der Waals surface area (Å²) < 4.78 is 11.6. The van der Waals surface area contributed by atoms with E-state index in [9.17, 15) is 5.11 Å². The third kappa shape index (κ3) is 3.08. The Morgan fingerprint density at radius 1 is 1.05 bits per heavy atom. The standard InChI is InChI=1S/C15H21BO3/c1-14(2)15(3,4)19-16(18-14)13(17)11-10-12-8-6-5-7-9-12/h5-11,13,17H,1-4H3/b11-10+. The molecule has 2 rings (SSSR count). The van der Waals surface area contributed by atoms with E-state index >= 15 is 0 Å². The zero-order chi connectivity index (χ0) is 14.1. The Kier molecular flexibility index (Phi) is 3.86. The van der Waals surface area contributed by atoms with Gasteiger partial charge in [0.1, 0.15) is 6.00 Å². The molecule has 0 radical (unpaired) electrons. The zero-order valence-corrected chi connectivity index (χ0v) is 12.0. The van der Waals surface area contributed by atoms with Gasteiger partial charge in [-0.1, -0.05) is 42.5 Å². The Labute approximate surface area is 115 Å². The molecule has 1 unspecified atom stereocenters. The molecule has 0 bridgehead atoms. The van der Waals surface area contributed by atoms with Crippen molar-refractivity contribution in [1.82, 2.24) is 0 Å². The van der Waals surface area contributed by atoms with E-state index in [-0.39, 0.29) is 0 Å². The van der Waals surface area contributed by atoms with E-state index in [1.54, 1.807) is 6.08 Å². The van der Waals surface area contributed by atoms with Crippen molar-refractivity contribution in [2.24, 2.45) is 0 Å². The molecule has 0 amide bonds. The van der Waals surface area contributed by atoms with Crippen LogP contribution in [0.5, 0.6) is 0 Å². The normalized spacial score (nSPS) is 22.9. The highest BCUT2D eigenvalue weighted by atomic mass is 16.7. The van der Waals surface area contributed by atoms with Crippen molar-refractivity contribution < 1.29 is 14.4 Å². The Hall–Kier alpha value is -1.10. The second-order valence-corrected chi connectivity index (χ2v) is 5.89. The molecule has 0 saturated carbocycles. The summed E-state index contributed by atoms with van der Waals surface area (Å²) in [6.07, 6.45) is 3.58. The van der Waals surface area contributed by atoms with Gasteiger partial charge in [0.25, 0.3) is 0 Å². The summed E-state index contributed by atoms with van der Waals surface area (Å²) >= 11 is 0. The van der Waals surface area contributed by atoms with E-state index in [0.717, 1.165) is 5.56 Å². The van der Waals surface area contributed by atoms with Crippen molar-refractivity contribution in [3.63, 3.8) is 0 Å². The lowest BCUT2D eigenvalue weighted by atomic mass is 9.80. The van der Waals surface area contributed by atoms with E-state index in [1.807, 2.05) is 64.1 Å². The van der Waals surface area contributed by atoms with Crippen LogP contribution < -0.4 is 0 Å². The number of hydrogen-bond acceptors (Lipinski definition) is 3. The highest BCUT2D eigenvalue weighted by Gasteiger charge is 2.53. The van der Waals surface area contributed by atoms with E-state index in [0.29, 0.717) is 0 Å². The molecular formula is C15H21BO3. The molecule has 1 heterocycles. The van der Waals surface area contributed by atoms with Crippen molar-refractivity contribution in [3.8, 4) is 0 Å². The SMILES string of the molecule is CC1(C)OB(C(O)/C=C/c2ccccc2)OC1(C)C. The average Bonchev–Trinajstić information content (AvgIpc) is 2.57. The predicted molar refractivity (Wildman–Crippen MR) is 77.6 cm³/mol. The first-order valence-corrected chi connectivity index (χ1v) is 6.59. The summed E-state index contributed by atoms with van der Waals surface area (Å²) in [6, 6.07) is 9.06. The van der Waals surface area contributed by atoms with E-state index in [1.165, 1.54) is 0 Å². The fourth-order valence-electron chi connectivity index (χ4n) is 1.89. The number of aliphatic hydroxyl groups is 1. The summed E-state index contributed by atoms with van der Waals surface area (Å²) in [6.45, 7) is 7.89. The minimum Gasteiger partial charge on any atom is -0.401 e. The summed E-state index contributed by atoms with van der Waals surface area (Å²) in [5.41, 5.74) is 0.205. The maximum absolute atomic E-state index is 10.1. The van der Waals surface area contributed by atoms with Gasteiger partial charge in [-0.05, 0) is 33.3 Å². The molecule has 102 valence electrons. The van der Waals surface area contributed by atoms with Gasteiger partial charge in [-0.25, -0.2) is 0 Å². The lowest BCUT2D eigenvalue weighted by Gasteiger charge is -2.32. The predicted octanol–water partition coefficient (Wildman–Crippen LogP) is 2.69. The number of rotatable bonds is 3. The molecule has 1 atom stereocenters. The number of aliphatic hydroxyl groups excluding tert-OH is 1. The Morgan fingerprint density at radius 2 is 1.58 bits per heavy atom. The topological polar surface area (TPSA) is 38.7 Å². The molecule has 1 N–H and O–H groups in total. The van der Waals surface area contributed by atoms with Gasteiger partial charge < -0.3 is 14.4 Å².